The number of urea groups is 1. The summed E-state index contributed by atoms with van der Waals surface area (Å²) in [4.78, 5) is 34.3. The minimum atomic E-state index is -0.564. The standard InChI is InChI=1S/C22H22ClFN6O2S/c23-16-9-13(4-5-17(16)24)18-10-15(20(31)28-14-3-1-2-6-25-11-14)21(33-18)30-22(32)29-19-12-26-7-8-27-19/h4-5,7-10,12,14,25H,1-3,6,11H2,(H,28,31)(H2,27,29,30,32)/t14-/m0/s1. The minimum absolute atomic E-state index is 0.00937. The van der Waals surface area contributed by atoms with Gasteiger partial charge in [0.15, 0.2) is 5.82 Å². The molecule has 1 aromatic carbocycles. The van der Waals surface area contributed by atoms with E-state index in [2.05, 4.69) is 31.2 Å². The van der Waals surface area contributed by atoms with E-state index in [0.717, 1.165) is 25.8 Å². The van der Waals surface area contributed by atoms with Gasteiger partial charge in [0.05, 0.1) is 16.8 Å². The average Bonchev–Trinajstić information content (AvgIpc) is 3.04. The summed E-state index contributed by atoms with van der Waals surface area (Å²) < 4.78 is 13.6. The van der Waals surface area contributed by atoms with Crippen LogP contribution in [0.3, 0.4) is 0 Å². The van der Waals surface area contributed by atoms with Crippen molar-refractivity contribution in [2.24, 2.45) is 0 Å². The Balaban J connectivity index is 1.59. The lowest BCUT2D eigenvalue weighted by molar-refractivity contribution is 0.0937. The highest BCUT2D eigenvalue weighted by Crippen LogP contribution is 2.37. The molecule has 3 aromatic rings. The van der Waals surface area contributed by atoms with E-state index in [1.165, 1.54) is 42.1 Å². The molecule has 3 heterocycles. The van der Waals surface area contributed by atoms with Gasteiger partial charge in [0.1, 0.15) is 10.8 Å². The van der Waals surface area contributed by atoms with Crippen LogP contribution in [-0.2, 0) is 0 Å². The van der Waals surface area contributed by atoms with Crippen molar-refractivity contribution in [1.29, 1.82) is 0 Å². The molecule has 0 radical (unpaired) electrons. The fraction of sp³-hybridized carbons (Fsp3) is 0.273. The van der Waals surface area contributed by atoms with Gasteiger partial charge in [-0.3, -0.25) is 20.4 Å². The maximum atomic E-state index is 13.6. The number of hydrogen-bond donors (Lipinski definition) is 4. The molecule has 33 heavy (non-hydrogen) atoms. The number of halogens is 2. The van der Waals surface area contributed by atoms with Crippen LogP contribution in [0.1, 0.15) is 29.6 Å². The fourth-order valence-electron chi connectivity index (χ4n) is 3.46. The molecule has 1 aliphatic heterocycles. The van der Waals surface area contributed by atoms with Crippen LogP contribution in [0.25, 0.3) is 10.4 Å². The molecular weight excluding hydrogens is 467 g/mol. The molecule has 8 nitrogen and oxygen atoms in total. The Morgan fingerprint density at radius 3 is 2.85 bits per heavy atom. The number of carbonyl (C=O) groups is 2. The van der Waals surface area contributed by atoms with E-state index in [4.69, 9.17) is 11.6 Å². The summed E-state index contributed by atoms with van der Waals surface area (Å²) in [6.45, 7) is 1.61. The normalized spacial score (nSPS) is 16.0. The zero-order valence-electron chi connectivity index (χ0n) is 17.5. The molecule has 2 aromatic heterocycles. The molecule has 1 aliphatic rings. The second-order valence-corrected chi connectivity index (χ2v) is 8.98. The van der Waals surface area contributed by atoms with E-state index in [0.29, 0.717) is 27.5 Å². The molecule has 11 heteroatoms. The Labute approximate surface area is 199 Å². The van der Waals surface area contributed by atoms with Crippen molar-refractivity contribution in [3.05, 3.63) is 59.3 Å². The quantitative estimate of drug-likeness (QED) is 0.422. The summed E-state index contributed by atoms with van der Waals surface area (Å²) in [5.41, 5.74) is 0.952. The van der Waals surface area contributed by atoms with Crippen LogP contribution in [0.5, 0.6) is 0 Å². The van der Waals surface area contributed by atoms with Crippen molar-refractivity contribution < 1.29 is 14.0 Å². The lowest BCUT2D eigenvalue weighted by Crippen LogP contribution is -2.41. The first-order valence-corrected chi connectivity index (χ1v) is 11.6. The molecule has 0 spiro atoms. The lowest BCUT2D eigenvalue weighted by atomic mass is 10.1. The number of nitrogens with zero attached hydrogens (tertiary/aromatic N) is 2. The predicted molar refractivity (Wildman–Crippen MR) is 127 cm³/mol. The summed E-state index contributed by atoms with van der Waals surface area (Å²) in [7, 11) is 0. The van der Waals surface area contributed by atoms with Gasteiger partial charge in [-0.15, -0.1) is 11.3 Å². The van der Waals surface area contributed by atoms with E-state index >= 15 is 0 Å². The molecule has 1 fully saturated rings. The predicted octanol–water partition coefficient (Wildman–Crippen LogP) is 4.51. The first-order chi connectivity index (χ1) is 16.0. The Morgan fingerprint density at radius 1 is 1.18 bits per heavy atom. The zero-order valence-corrected chi connectivity index (χ0v) is 19.1. The van der Waals surface area contributed by atoms with Crippen molar-refractivity contribution in [3.63, 3.8) is 0 Å². The highest BCUT2D eigenvalue weighted by molar-refractivity contribution is 7.20. The Kier molecular flexibility index (Phi) is 7.48. The molecular formula is C22H22ClFN6O2S. The Hall–Kier alpha value is -3.08. The molecule has 0 unspecified atom stereocenters. The third kappa shape index (κ3) is 6.04. The molecule has 1 atom stereocenters. The van der Waals surface area contributed by atoms with Crippen LogP contribution in [0, 0.1) is 5.82 Å². The molecule has 4 N–H and O–H groups in total. The summed E-state index contributed by atoms with van der Waals surface area (Å²) in [5, 5.41) is 12.0. The number of anilines is 2. The van der Waals surface area contributed by atoms with Gasteiger partial charge in [-0.1, -0.05) is 24.1 Å². The SMILES string of the molecule is O=C(Nc1cnccn1)Nc1sc(-c2ccc(F)c(Cl)c2)cc1C(=O)N[C@H]1CCCCNC1. The van der Waals surface area contributed by atoms with E-state index in [-0.39, 0.29) is 22.8 Å². The molecule has 0 saturated carbocycles. The van der Waals surface area contributed by atoms with Gasteiger partial charge in [0.25, 0.3) is 5.91 Å². The second-order valence-electron chi connectivity index (χ2n) is 7.52. The van der Waals surface area contributed by atoms with Crippen LogP contribution in [-0.4, -0.2) is 41.0 Å². The van der Waals surface area contributed by atoms with Crippen LogP contribution in [0.15, 0.2) is 42.9 Å². The van der Waals surface area contributed by atoms with Crippen molar-refractivity contribution in [2.75, 3.05) is 23.7 Å². The first kappa shape index (κ1) is 23.1. The number of nitrogens with one attached hydrogen (secondary N) is 4. The Bertz CT molecular complexity index is 1140. The van der Waals surface area contributed by atoms with Crippen LogP contribution in [0.2, 0.25) is 5.02 Å². The molecule has 0 aliphatic carbocycles. The van der Waals surface area contributed by atoms with Crippen molar-refractivity contribution in [2.45, 2.75) is 25.3 Å². The lowest BCUT2D eigenvalue weighted by Gasteiger charge is -2.16. The molecule has 4 rings (SSSR count). The number of carbonyl (C=O) groups excluding carboxylic acids is 2. The van der Waals surface area contributed by atoms with Crippen LogP contribution >= 0.6 is 22.9 Å². The number of amides is 3. The van der Waals surface area contributed by atoms with Gasteiger partial charge in [-0.25, -0.2) is 14.2 Å². The van der Waals surface area contributed by atoms with E-state index in [9.17, 15) is 14.0 Å². The highest BCUT2D eigenvalue weighted by atomic mass is 35.5. The summed E-state index contributed by atoms with van der Waals surface area (Å²) in [6.07, 6.45) is 7.32. The first-order valence-electron chi connectivity index (χ1n) is 10.4. The van der Waals surface area contributed by atoms with E-state index < -0.39 is 11.8 Å². The van der Waals surface area contributed by atoms with Crippen LogP contribution < -0.4 is 21.3 Å². The van der Waals surface area contributed by atoms with Crippen molar-refractivity contribution in [1.82, 2.24) is 20.6 Å². The van der Waals surface area contributed by atoms with E-state index in [1.807, 2.05) is 0 Å². The van der Waals surface area contributed by atoms with Crippen LogP contribution in [0.4, 0.5) is 20.0 Å². The largest absolute Gasteiger partial charge is 0.348 e. The average molecular weight is 489 g/mol. The smallest absolute Gasteiger partial charge is 0.325 e. The molecule has 3 amide bonds. The molecule has 172 valence electrons. The summed E-state index contributed by atoms with van der Waals surface area (Å²) in [6, 6.07) is 5.43. The molecule has 0 bridgehead atoms. The minimum Gasteiger partial charge on any atom is -0.348 e. The number of thiophene rings is 1. The maximum Gasteiger partial charge on any atom is 0.325 e. The fourth-order valence-corrected chi connectivity index (χ4v) is 4.69. The van der Waals surface area contributed by atoms with E-state index in [1.54, 1.807) is 12.1 Å². The van der Waals surface area contributed by atoms with Gasteiger partial charge in [0.2, 0.25) is 0 Å². The second kappa shape index (κ2) is 10.7. The monoisotopic (exact) mass is 488 g/mol. The topological polar surface area (TPSA) is 108 Å². The van der Waals surface area contributed by atoms with Crippen molar-refractivity contribution in [3.8, 4) is 10.4 Å². The van der Waals surface area contributed by atoms with Gasteiger partial charge >= 0.3 is 6.03 Å². The molecule has 1 saturated heterocycles. The number of hydrogen-bond acceptors (Lipinski definition) is 6. The summed E-state index contributed by atoms with van der Waals surface area (Å²) in [5.74, 6) is -0.556. The number of benzene rings is 1. The van der Waals surface area contributed by atoms with Gasteiger partial charge in [-0.2, -0.15) is 0 Å². The third-order valence-electron chi connectivity index (χ3n) is 5.09. The number of rotatable bonds is 5. The van der Waals surface area contributed by atoms with Gasteiger partial charge in [0, 0.05) is 29.9 Å². The summed E-state index contributed by atoms with van der Waals surface area (Å²) >= 11 is 7.14. The maximum absolute atomic E-state index is 13.6. The van der Waals surface area contributed by atoms with Crippen molar-refractivity contribution >= 4 is 45.7 Å². The number of aromatic nitrogens is 2. The van der Waals surface area contributed by atoms with Gasteiger partial charge in [-0.05, 0) is 43.1 Å². The Morgan fingerprint density at radius 2 is 2.06 bits per heavy atom. The van der Waals surface area contributed by atoms with Gasteiger partial charge < -0.3 is 10.6 Å². The highest BCUT2D eigenvalue weighted by Gasteiger charge is 2.22. The third-order valence-corrected chi connectivity index (χ3v) is 6.48. The zero-order chi connectivity index (χ0) is 23.2.